The maximum atomic E-state index is 4.67. The highest BCUT2D eigenvalue weighted by atomic mass is 14.8. The van der Waals surface area contributed by atoms with Gasteiger partial charge in [-0.3, -0.25) is 4.98 Å². The second kappa shape index (κ2) is 6.44. The van der Waals surface area contributed by atoms with Crippen LogP contribution < -0.4 is 0 Å². The Morgan fingerprint density at radius 3 is 2.64 bits per heavy atom. The monoisotopic (exact) mass is 325 g/mol. The van der Waals surface area contributed by atoms with Gasteiger partial charge in [-0.05, 0) is 41.3 Å². The fourth-order valence-corrected chi connectivity index (χ4v) is 3.07. The van der Waals surface area contributed by atoms with Gasteiger partial charge in [0.25, 0.3) is 0 Å². The van der Waals surface area contributed by atoms with Crippen LogP contribution in [-0.2, 0) is 0 Å². The largest absolute Gasteiger partial charge is 0.256 e. The van der Waals surface area contributed by atoms with Gasteiger partial charge in [-0.1, -0.05) is 44.2 Å². The fraction of sp³-hybridized carbons (Fsp3) is 0.136. The number of hydrogen-bond donors (Lipinski definition) is 0. The molecule has 2 aromatic heterocycles. The van der Waals surface area contributed by atoms with Gasteiger partial charge in [0.15, 0.2) is 0 Å². The SMILES string of the molecule is CC(C)c1cccc(-c2ncccc2-c2ccc3ncncc3c2)c1. The maximum absolute atomic E-state index is 4.67. The van der Waals surface area contributed by atoms with Gasteiger partial charge in [0.1, 0.15) is 6.33 Å². The molecule has 0 aliphatic heterocycles. The van der Waals surface area contributed by atoms with Crippen molar-refractivity contribution < 1.29 is 0 Å². The summed E-state index contributed by atoms with van der Waals surface area (Å²) in [6.07, 6.45) is 5.28. The summed E-state index contributed by atoms with van der Waals surface area (Å²) in [7, 11) is 0. The highest BCUT2D eigenvalue weighted by Crippen LogP contribution is 2.32. The van der Waals surface area contributed by atoms with Crippen molar-refractivity contribution in [2.45, 2.75) is 19.8 Å². The molecular weight excluding hydrogens is 306 g/mol. The van der Waals surface area contributed by atoms with Crippen LogP contribution in [0, 0.1) is 0 Å². The van der Waals surface area contributed by atoms with E-state index in [2.05, 4.69) is 71.3 Å². The molecule has 25 heavy (non-hydrogen) atoms. The summed E-state index contributed by atoms with van der Waals surface area (Å²) < 4.78 is 0. The molecule has 0 fully saturated rings. The molecule has 0 saturated heterocycles. The van der Waals surface area contributed by atoms with E-state index in [-0.39, 0.29) is 0 Å². The molecule has 0 radical (unpaired) electrons. The van der Waals surface area contributed by atoms with Crippen LogP contribution in [0.3, 0.4) is 0 Å². The Bertz CT molecular complexity index is 1040. The predicted molar refractivity (Wildman–Crippen MR) is 102 cm³/mol. The zero-order valence-corrected chi connectivity index (χ0v) is 14.3. The van der Waals surface area contributed by atoms with Crippen LogP contribution in [0.2, 0.25) is 0 Å². The second-order valence-corrected chi connectivity index (χ2v) is 6.48. The Balaban J connectivity index is 1.87. The lowest BCUT2D eigenvalue weighted by Crippen LogP contribution is -1.92. The highest BCUT2D eigenvalue weighted by molar-refractivity contribution is 5.88. The third kappa shape index (κ3) is 3.01. The average molecular weight is 325 g/mol. The normalized spacial score (nSPS) is 11.2. The van der Waals surface area contributed by atoms with Crippen molar-refractivity contribution in [1.82, 2.24) is 15.0 Å². The number of nitrogens with zero attached hydrogens (tertiary/aromatic N) is 3. The van der Waals surface area contributed by atoms with Gasteiger partial charge in [-0.2, -0.15) is 0 Å². The van der Waals surface area contributed by atoms with E-state index < -0.39 is 0 Å². The Morgan fingerprint density at radius 1 is 0.840 bits per heavy atom. The van der Waals surface area contributed by atoms with Crippen LogP contribution in [0.1, 0.15) is 25.3 Å². The standard InChI is InChI=1S/C22H19N3/c1-15(2)16-5-3-6-18(11-16)22-20(7-4-10-24-22)17-8-9-21-19(12-17)13-23-14-25-21/h3-15H,1-2H3. The van der Waals surface area contributed by atoms with Gasteiger partial charge in [0, 0.05) is 28.9 Å². The third-order valence-corrected chi connectivity index (χ3v) is 4.45. The summed E-state index contributed by atoms with van der Waals surface area (Å²) >= 11 is 0. The van der Waals surface area contributed by atoms with Gasteiger partial charge < -0.3 is 0 Å². The van der Waals surface area contributed by atoms with Gasteiger partial charge in [-0.15, -0.1) is 0 Å². The first kappa shape index (κ1) is 15.5. The smallest absolute Gasteiger partial charge is 0.116 e. The van der Waals surface area contributed by atoms with Crippen LogP contribution in [0.15, 0.2) is 73.3 Å². The molecule has 2 aromatic carbocycles. The first-order chi connectivity index (χ1) is 12.2. The van der Waals surface area contributed by atoms with Crippen molar-refractivity contribution >= 4 is 10.9 Å². The summed E-state index contributed by atoms with van der Waals surface area (Å²) in [5.74, 6) is 0.491. The maximum Gasteiger partial charge on any atom is 0.116 e. The van der Waals surface area contributed by atoms with Crippen LogP contribution in [-0.4, -0.2) is 15.0 Å². The zero-order chi connectivity index (χ0) is 17.2. The van der Waals surface area contributed by atoms with Gasteiger partial charge in [-0.25, -0.2) is 9.97 Å². The van der Waals surface area contributed by atoms with Crippen LogP contribution in [0.5, 0.6) is 0 Å². The molecule has 0 atom stereocenters. The van der Waals surface area contributed by atoms with Crippen LogP contribution >= 0.6 is 0 Å². The number of aromatic nitrogens is 3. The molecule has 2 heterocycles. The number of rotatable bonds is 3. The summed E-state index contributed by atoms with van der Waals surface area (Å²) in [6, 6.07) is 19.0. The van der Waals surface area contributed by atoms with E-state index in [1.807, 2.05) is 24.5 Å². The quantitative estimate of drug-likeness (QED) is 0.500. The predicted octanol–water partition coefficient (Wildman–Crippen LogP) is 5.48. The number of benzene rings is 2. The molecule has 3 heteroatoms. The Hall–Kier alpha value is -3.07. The molecule has 4 aromatic rings. The Labute approximate surface area is 147 Å². The first-order valence-corrected chi connectivity index (χ1v) is 8.48. The van der Waals surface area contributed by atoms with Crippen molar-refractivity contribution in [3.05, 3.63) is 78.9 Å². The van der Waals surface area contributed by atoms with Crippen LogP contribution in [0.25, 0.3) is 33.3 Å². The van der Waals surface area contributed by atoms with Crippen molar-refractivity contribution in [3.8, 4) is 22.4 Å². The molecule has 0 unspecified atom stereocenters. The lowest BCUT2D eigenvalue weighted by atomic mass is 9.95. The molecule has 0 N–H and O–H groups in total. The van der Waals surface area contributed by atoms with E-state index in [0.717, 1.165) is 33.3 Å². The molecule has 0 bridgehead atoms. The van der Waals surface area contributed by atoms with Gasteiger partial charge in [0.05, 0.1) is 11.2 Å². The summed E-state index contributed by atoms with van der Waals surface area (Å²) in [5, 5.41) is 1.03. The number of hydrogen-bond acceptors (Lipinski definition) is 3. The van der Waals surface area contributed by atoms with Crippen molar-refractivity contribution in [3.63, 3.8) is 0 Å². The van der Waals surface area contributed by atoms with Gasteiger partial charge >= 0.3 is 0 Å². The molecule has 3 nitrogen and oxygen atoms in total. The molecule has 0 aliphatic rings. The minimum absolute atomic E-state index is 0.491. The van der Waals surface area contributed by atoms with Crippen molar-refractivity contribution in [1.29, 1.82) is 0 Å². The van der Waals surface area contributed by atoms with E-state index in [9.17, 15) is 0 Å². The summed E-state index contributed by atoms with van der Waals surface area (Å²) in [6.45, 7) is 4.42. The van der Waals surface area contributed by atoms with Crippen molar-refractivity contribution in [2.75, 3.05) is 0 Å². The number of fused-ring (bicyclic) bond motifs is 1. The lowest BCUT2D eigenvalue weighted by molar-refractivity contribution is 0.867. The molecule has 0 spiro atoms. The highest BCUT2D eigenvalue weighted by Gasteiger charge is 2.10. The Kier molecular flexibility index (Phi) is 3.98. The van der Waals surface area contributed by atoms with Crippen LogP contribution in [0.4, 0.5) is 0 Å². The third-order valence-electron chi connectivity index (χ3n) is 4.45. The Morgan fingerprint density at radius 2 is 1.76 bits per heavy atom. The fourth-order valence-electron chi connectivity index (χ4n) is 3.07. The molecule has 0 saturated carbocycles. The lowest BCUT2D eigenvalue weighted by Gasteiger charge is -2.12. The first-order valence-electron chi connectivity index (χ1n) is 8.48. The van der Waals surface area contributed by atoms with E-state index in [4.69, 9.17) is 0 Å². The zero-order valence-electron chi connectivity index (χ0n) is 14.3. The molecule has 4 rings (SSSR count). The minimum atomic E-state index is 0.491. The molecule has 0 aliphatic carbocycles. The molecule has 0 amide bonds. The van der Waals surface area contributed by atoms with E-state index in [0.29, 0.717) is 5.92 Å². The minimum Gasteiger partial charge on any atom is -0.256 e. The van der Waals surface area contributed by atoms with E-state index in [1.54, 1.807) is 6.33 Å². The van der Waals surface area contributed by atoms with Crippen molar-refractivity contribution in [2.24, 2.45) is 0 Å². The number of pyridine rings is 1. The van der Waals surface area contributed by atoms with E-state index >= 15 is 0 Å². The van der Waals surface area contributed by atoms with Gasteiger partial charge in [0.2, 0.25) is 0 Å². The summed E-state index contributed by atoms with van der Waals surface area (Å²) in [4.78, 5) is 13.1. The second-order valence-electron chi connectivity index (χ2n) is 6.48. The molecule has 122 valence electrons. The molecular formula is C22H19N3. The van der Waals surface area contributed by atoms with E-state index in [1.165, 1.54) is 5.56 Å². The summed E-state index contributed by atoms with van der Waals surface area (Å²) in [5.41, 5.74) is 6.66. The topological polar surface area (TPSA) is 38.7 Å². The average Bonchev–Trinajstić information content (AvgIpc) is 2.67.